The summed E-state index contributed by atoms with van der Waals surface area (Å²) in [5, 5.41) is 2.47. The van der Waals surface area contributed by atoms with Crippen molar-refractivity contribution in [3.63, 3.8) is 0 Å². The molecule has 0 fully saturated rings. The topological polar surface area (TPSA) is 78.8 Å². The minimum atomic E-state index is -3.67. The molecule has 1 amide bonds. The first-order valence-corrected chi connectivity index (χ1v) is 7.24. The number of likely N-dealkylation sites (N-methyl/N-ethyl adjacent to an activating group) is 1. The lowest BCUT2D eigenvalue weighted by Gasteiger charge is -2.24. The third-order valence-corrected chi connectivity index (χ3v) is 4.18. The summed E-state index contributed by atoms with van der Waals surface area (Å²) >= 11 is 3.21. The number of hydrogen-bond donors (Lipinski definition) is 1. The zero-order valence-electron chi connectivity index (χ0n) is 9.42. The van der Waals surface area contributed by atoms with Gasteiger partial charge in [0.15, 0.2) is 0 Å². The highest BCUT2D eigenvalue weighted by Gasteiger charge is 2.26. The molecule has 8 heteroatoms. The summed E-state index contributed by atoms with van der Waals surface area (Å²) in [7, 11) is -2.16. The minimum absolute atomic E-state index is 0.0180. The van der Waals surface area contributed by atoms with Crippen LogP contribution in [0.25, 0.3) is 0 Å². The predicted molar refractivity (Wildman–Crippen MR) is 71.2 cm³/mol. The zero-order chi connectivity index (χ0) is 13.3. The quantitative estimate of drug-likeness (QED) is 0.866. The van der Waals surface area contributed by atoms with Gasteiger partial charge < -0.3 is 10.2 Å². The number of sulfonamides is 1. The Bertz CT molecular complexity index is 627. The van der Waals surface area contributed by atoms with Gasteiger partial charge in [0.05, 0.1) is 5.69 Å². The average molecular weight is 332 g/mol. The second-order valence-corrected chi connectivity index (χ2v) is 6.13. The predicted octanol–water partition coefficient (Wildman–Crippen LogP) is 0.732. The molecule has 0 saturated carbocycles. The normalized spacial score (nSPS) is 16.2. The van der Waals surface area contributed by atoms with Crippen LogP contribution < -0.4 is 10.2 Å². The number of carbonyl (C=O) groups is 1. The number of hydrogen-bond acceptors (Lipinski definition) is 4. The Hall–Kier alpha value is -1.41. The van der Waals surface area contributed by atoms with Crippen molar-refractivity contribution < 1.29 is 13.2 Å². The van der Waals surface area contributed by atoms with Crippen LogP contribution in [-0.2, 0) is 14.8 Å². The molecule has 0 radical (unpaired) electrons. The molecular formula is C10H10BrN3O3S. The first-order valence-electron chi connectivity index (χ1n) is 5.01. The maximum absolute atomic E-state index is 11.8. The van der Waals surface area contributed by atoms with Gasteiger partial charge in [-0.2, -0.15) is 8.42 Å². The molecular weight excluding hydrogens is 322 g/mol. The van der Waals surface area contributed by atoms with Gasteiger partial charge in [0.25, 0.3) is 10.0 Å². The van der Waals surface area contributed by atoms with E-state index in [1.807, 2.05) is 0 Å². The number of rotatable bonds is 2. The molecule has 1 aliphatic heterocycles. The van der Waals surface area contributed by atoms with Crippen LogP contribution in [0.2, 0.25) is 0 Å². The Morgan fingerprint density at radius 2 is 2.22 bits per heavy atom. The lowest BCUT2D eigenvalue weighted by molar-refractivity contribution is -0.119. The lowest BCUT2D eigenvalue weighted by atomic mass is 10.3. The Morgan fingerprint density at radius 1 is 1.50 bits per heavy atom. The van der Waals surface area contributed by atoms with E-state index in [1.54, 1.807) is 12.1 Å². The maximum Gasteiger partial charge on any atom is 0.285 e. The van der Waals surface area contributed by atoms with Crippen molar-refractivity contribution in [3.8, 4) is 0 Å². The van der Waals surface area contributed by atoms with Gasteiger partial charge in [-0.3, -0.25) is 4.79 Å². The van der Waals surface area contributed by atoms with Crippen LogP contribution >= 0.6 is 15.9 Å². The van der Waals surface area contributed by atoms with Crippen molar-refractivity contribution in [2.45, 2.75) is 4.90 Å². The average Bonchev–Trinajstić information content (AvgIpc) is 2.33. The monoisotopic (exact) mass is 331 g/mol. The zero-order valence-corrected chi connectivity index (χ0v) is 11.8. The van der Waals surface area contributed by atoms with E-state index in [0.717, 1.165) is 6.34 Å². The molecule has 0 atom stereocenters. The molecule has 0 aliphatic carbocycles. The standard InChI is InChI=1S/C10H10BrN3O3S/c1-12-10(15)5-14-6-13-18(16,17)9-4-7(11)2-3-8(9)14/h2-4,6H,5H2,1H3,(H,12,15). The minimum Gasteiger partial charge on any atom is -0.358 e. The molecule has 0 spiro atoms. The summed E-state index contributed by atoms with van der Waals surface area (Å²) in [5.41, 5.74) is 0.441. The molecule has 0 aromatic heterocycles. The third kappa shape index (κ3) is 2.39. The van der Waals surface area contributed by atoms with E-state index in [2.05, 4.69) is 25.6 Å². The van der Waals surface area contributed by atoms with E-state index < -0.39 is 10.0 Å². The SMILES string of the molecule is CNC(=O)CN1C=NS(=O)(=O)c2cc(Br)ccc21. The number of fused-ring (bicyclic) bond motifs is 1. The second-order valence-electron chi connectivity index (χ2n) is 3.61. The van der Waals surface area contributed by atoms with E-state index >= 15 is 0 Å². The molecule has 1 N–H and O–H groups in total. The fraction of sp³-hybridized carbons (Fsp3) is 0.200. The van der Waals surface area contributed by atoms with Gasteiger partial charge in [-0.15, -0.1) is 4.40 Å². The maximum atomic E-state index is 11.8. The van der Waals surface area contributed by atoms with E-state index in [0.29, 0.717) is 10.2 Å². The molecule has 6 nitrogen and oxygen atoms in total. The van der Waals surface area contributed by atoms with E-state index in [-0.39, 0.29) is 17.3 Å². The number of nitrogens with one attached hydrogen (secondary N) is 1. The van der Waals surface area contributed by atoms with Crippen molar-refractivity contribution in [3.05, 3.63) is 22.7 Å². The highest BCUT2D eigenvalue weighted by Crippen LogP contribution is 2.31. The van der Waals surface area contributed by atoms with Crippen molar-refractivity contribution in [2.24, 2.45) is 4.40 Å². The number of benzene rings is 1. The number of nitrogens with zero attached hydrogens (tertiary/aromatic N) is 2. The van der Waals surface area contributed by atoms with Gasteiger partial charge in [0.1, 0.15) is 17.8 Å². The van der Waals surface area contributed by atoms with Crippen molar-refractivity contribution in [2.75, 3.05) is 18.5 Å². The van der Waals surface area contributed by atoms with Gasteiger partial charge in [-0.1, -0.05) is 15.9 Å². The molecule has 2 rings (SSSR count). The molecule has 1 heterocycles. The summed E-state index contributed by atoms with van der Waals surface area (Å²) in [6, 6.07) is 4.81. The number of carbonyl (C=O) groups excluding carboxylic acids is 1. The highest BCUT2D eigenvalue weighted by atomic mass is 79.9. The Balaban J connectivity index is 2.48. The summed E-state index contributed by atoms with van der Waals surface area (Å²) in [6.07, 6.45) is 1.15. The molecule has 0 saturated heterocycles. The third-order valence-electron chi connectivity index (χ3n) is 2.43. The summed E-state index contributed by atoms with van der Waals surface area (Å²) < 4.78 is 27.7. The Labute approximate surface area is 113 Å². The van der Waals surface area contributed by atoms with Crippen LogP contribution in [-0.4, -0.2) is 34.3 Å². The van der Waals surface area contributed by atoms with E-state index in [4.69, 9.17) is 0 Å². The molecule has 1 aromatic carbocycles. The number of amides is 1. The van der Waals surface area contributed by atoms with E-state index in [9.17, 15) is 13.2 Å². The fourth-order valence-electron chi connectivity index (χ4n) is 1.53. The van der Waals surface area contributed by atoms with E-state index in [1.165, 1.54) is 18.0 Å². The summed E-state index contributed by atoms with van der Waals surface area (Å²) in [5.74, 6) is -0.227. The summed E-state index contributed by atoms with van der Waals surface area (Å²) in [4.78, 5) is 12.9. The molecule has 1 aromatic rings. The molecule has 18 heavy (non-hydrogen) atoms. The van der Waals surface area contributed by atoms with Crippen molar-refractivity contribution in [1.82, 2.24) is 5.32 Å². The van der Waals surface area contributed by atoms with Gasteiger partial charge in [-0.25, -0.2) is 0 Å². The molecule has 0 unspecified atom stereocenters. The number of anilines is 1. The van der Waals surface area contributed by atoms with Crippen molar-refractivity contribution >= 4 is 43.9 Å². The molecule has 96 valence electrons. The van der Waals surface area contributed by atoms with Crippen LogP contribution in [0, 0.1) is 0 Å². The first-order chi connectivity index (χ1) is 8.44. The van der Waals surface area contributed by atoms with Gasteiger partial charge in [0.2, 0.25) is 5.91 Å². The second kappa shape index (κ2) is 4.69. The lowest BCUT2D eigenvalue weighted by Crippen LogP contribution is -2.37. The number of halogens is 1. The molecule has 1 aliphatic rings. The Kier molecular flexibility index (Phi) is 3.40. The van der Waals surface area contributed by atoms with Crippen LogP contribution in [0.4, 0.5) is 5.69 Å². The van der Waals surface area contributed by atoms with Crippen LogP contribution in [0.1, 0.15) is 0 Å². The Morgan fingerprint density at radius 3 is 2.89 bits per heavy atom. The fourth-order valence-corrected chi connectivity index (χ4v) is 3.12. The molecule has 0 bridgehead atoms. The van der Waals surface area contributed by atoms with Gasteiger partial charge >= 0.3 is 0 Å². The van der Waals surface area contributed by atoms with Gasteiger partial charge in [-0.05, 0) is 18.2 Å². The van der Waals surface area contributed by atoms with Gasteiger partial charge in [0, 0.05) is 11.5 Å². The van der Waals surface area contributed by atoms with Crippen molar-refractivity contribution in [1.29, 1.82) is 0 Å². The van der Waals surface area contributed by atoms with Crippen LogP contribution in [0.3, 0.4) is 0 Å². The van der Waals surface area contributed by atoms with Crippen LogP contribution in [0.15, 0.2) is 32.0 Å². The summed E-state index contributed by atoms with van der Waals surface area (Å²) in [6.45, 7) is 0.0180. The van der Waals surface area contributed by atoms with Crippen LogP contribution in [0.5, 0.6) is 0 Å². The largest absolute Gasteiger partial charge is 0.358 e. The smallest absolute Gasteiger partial charge is 0.285 e. The first kappa shape index (κ1) is 13.0. The highest BCUT2D eigenvalue weighted by molar-refractivity contribution is 9.10.